The van der Waals surface area contributed by atoms with Crippen molar-refractivity contribution in [3.63, 3.8) is 0 Å². The first kappa shape index (κ1) is 19.7. The maximum atomic E-state index is 13.3. The van der Waals surface area contributed by atoms with Gasteiger partial charge < -0.3 is 14.8 Å². The van der Waals surface area contributed by atoms with Crippen LogP contribution in [0.4, 0.5) is 10.1 Å². The van der Waals surface area contributed by atoms with Gasteiger partial charge in [0.05, 0.1) is 5.52 Å². The third-order valence-corrected chi connectivity index (χ3v) is 5.86. The summed E-state index contributed by atoms with van der Waals surface area (Å²) in [5, 5.41) is 4.89. The number of anilines is 1. The van der Waals surface area contributed by atoms with Crippen LogP contribution in [0.25, 0.3) is 22.7 Å². The molecule has 1 aliphatic rings. The van der Waals surface area contributed by atoms with Crippen LogP contribution in [0.15, 0.2) is 42.5 Å². The molecule has 1 aromatic heterocycles. The van der Waals surface area contributed by atoms with Crippen LogP contribution in [0.3, 0.4) is 0 Å². The highest BCUT2D eigenvalue weighted by Crippen LogP contribution is 2.33. The molecule has 4 rings (SSSR count). The second-order valence-corrected chi connectivity index (χ2v) is 8.11. The maximum Gasteiger partial charge on any atom is 0.123 e. The molecule has 0 unspecified atom stereocenters. The molecule has 0 atom stereocenters. The fourth-order valence-corrected chi connectivity index (χ4v) is 4.18. The Morgan fingerprint density at radius 3 is 2.72 bits per heavy atom. The van der Waals surface area contributed by atoms with Crippen molar-refractivity contribution in [3.8, 4) is 0 Å². The van der Waals surface area contributed by atoms with Crippen LogP contribution in [-0.2, 0) is 13.0 Å². The van der Waals surface area contributed by atoms with Crippen LogP contribution in [-0.4, -0.2) is 29.6 Å². The second-order valence-electron chi connectivity index (χ2n) is 8.11. The Balaban J connectivity index is 1.78. The number of aromatic nitrogens is 1. The molecule has 2 heterocycles. The van der Waals surface area contributed by atoms with Gasteiger partial charge in [-0.3, -0.25) is 0 Å². The Morgan fingerprint density at radius 1 is 1.17 bits per heavy atom. The Kier molecular flexibility index (Phi) is 5.72. The van der Waals surface area contributed by atoms with Gasteiger partial charge in [-0.25, -0.2) is 4.39 Å². The molecular weight excluding hydrogens is 361 g/mol. The molecular formula is C25H30FN3. The predicted molar refractivity (Wildman–Crippen MR) is 122 cm³/mol. The van der Waals surface area contributed by atoms with Gasteiger partial charge in [-0.15, -0.1) is 0 Å². The van der Waals surface area contributed by atoms with E-state index in [4.69, 9.17) is 0 Å². The van der Waals surface area contributed by atoms with Crippen molar-refractivity contribution in [2.24, 2.45) is 0 Å². The van der Waals surface area contributed by atoms with Gasteiger partial charge in [-0.2, -0.15) is 0 Å². The van der Waals surface area contributed by atoms with Crippen LogP contribution in [0.2, 0.25) is 0 Å². The number of hydrogen-bond donors (Lipinski definition) is 1. The summed E-state index contributed by atoms with van der Waals surface area (Å²) in [6.45, 7) is 7.36. The summed E-state index contributed by atoms with van der Waals surface area (Å²) in [7, 11) is 2.19. The number of benzene rings is 2. The molecule has 4 heteroatoms. The lowest BCUT2D eigenvalue weighted by Crippen LogP contribution is -2.26. The highest BCUT2D eigenvalue weighted by molar-refractivity contribution is 5.92. The van der Waals surface area contributed by atoms with Gasteiger partial charge in [-0.05, 0) is 67.4 Å². The molecule has 29 heavy (non-hydrogen) atoms. The first-order valence-corrected chi connectivity index (χ1v) is 10.6. The minimum Gasteiger partial charge on any atom is -0.385 e. The molecule has 1 aliphatic heterocycles. The van der Waals surface area contributed by atoms with Gasteiger partial charge in [0, 0.05) is 49.0 Å². The van der Waals surface area contributed by atoms with E-state index in [0.29, 0.717) is 0 Å². The molecule has 0 bridgehead atoms. The molecule has 0 saturated heterocycles. The highest BCUT2D eigenvalue weighted by atomic mass is 19.1. The lowest BCUT2D eigenvalue weighted by atomic mass is 10.0. The largest absolute Gasteiger partial charge is 0.385 e. The zero-order chi connectivity index (χ0) is 20.4. The molecule has 3 aromatic rings. The molecule has 2 aromatic carbocycles. The summed E-state index contributed by atoms with van der Waals surface area (Å²) in [6.07, 6.45) is 5.62. The van der Waals surface area contributed by atoms with Crippen LogP contribution in [0, 0.1) is 5.82 Å². The van der Waals surface area contributed by atoms with Crippen molar-refractivity contribution in [2.75, 3.05) is 25.5 Å². The topological polar surface area (TPSA) is 20.2 Å². The molecule has 0 amide bonds. The molecule has 0 aliphatic carbocycles. The number of fused-ring (bicyclic) bond motifs is 3. The van der Waals surface area contributed by atoms with Crippen molar-refractivity contribution in [1.29, 1.82) is 0 Å². The summed E-state index contributed by atoms with van der Waals surface area (Å²) in [5.41, 5.74) is 7.44. The predicted octanol–water partition coefficient (Wildman–Crippen LogP) is 6.00. The minimum absolute atomic E-state index is 0.198. The van der Waals surface area contributed by atoms with Crippen molar-refractivity contribution in [3.05, 3.63) is 65.1 Å². The Bertz CT molecular complexity index is 1030. The first-order chi connectivity index (χ1) is 14.1. The Morgan fingerprint density at radius 2 is 1.97 bits per heavy atom. The summed E-state index contributed by atoms with van der Waals surface area (Å²) in [4.78, 5) is 2.39. The Hall–Kier alpha value is -2.59. The van der Waals surface area contributed by atoms with Crippen molar-refractivity contribution >= 4 is 28.4 Å². The smallest absolute Gasteiger partial charge is 0.123 e. The fourth-order valence-electron chi connectivity index (χ4n) is 4.18. The van der Waals surface area contributed by atoms with E-state index in [1.54, 1.807) is 0 Å². The minimum atomic E-state index is -0.198. The first-order valence-electron chi connectivity index (χ1n) is 10.6. The van der Waals surface area contributed by atoms with E-state index in [0.717, 1.165) is 37.2 Å². The standard InChI is InChI=1S/C25H30FN3/c1-4-5-13-27-21-10-11-24-22(15-21)23-17-28(3)14-12-25(23)29(24)16-18(2)19-6-8-20(26)9-7-19/h6-11,15-16,27H,4-5,12-14,17H2,1-3H3/b18-16-. The number of halogens is 1. The number of nitrogens with one attached hydrogen (secondary N) is 1. The quantitative estimate of drug-likeness (QED) is 0.520. The van der Waals surface area contributed by atoms with Crippen molar-refractivity contribution in [2.45, 2.75) is 39.7 Å². The van der Waals surface area contributed by atoms with Crippen LogP contribution in [0.5, 0.6) is 0 Å². The molecule has 0 fully saturated rings. The fraction of sp³-hybridized carbons (Fsp3) is 0.360. The lowest BCUT2D eigenvalue weighted by molar-refractivity contribution is 0.312. The van der Waals surface area contributed by atoms with E-state index in [9.17, 15) is 4.39 Å². The highest BCUT2D eigenvalue weighted by Gasteiger charge is 2.22. The van der Waals surface area contributed by atoms with Crippen LogP contribution >= 0.6 is 0 Å². The summed E-state index contributed by atoms with van der Waals surface area (Å²) in [6, 6.07) is 13.5. The zero-order valence-electron chi connectivity index (χ0n) is 17.6. The van der Waals surface area contributed by atoms with Gasteiger partial charge >= 0.3 is 0 Å². The van der Waals surface area contributed by atoms with Crippen molar-refractivity contribution < 1.29 is 4.39 Å². The van der Waals surface area contributed by atoms with Gasteiger partial charge in [0.25, 0.3) is 0 Å². The number of unbranched alkanes of at least 4 members (excludes halogenated alkanes) is 1. The average molecular weight is 392 g/mol. The van der Waals surface area contributed by atoms with Crippen molar-refractivity contribution in [1.82, 2.24) is 9.47 Å². The molecule has 1 N–H and O–H groups in total. The lowest BCUT2D eigenvalue weighted by Gasteiger charge is -2.23. The second kappa shape index (κ2) is 8.42. The van der Waals surface area contributed by atoms with Crippen LogP contribution < -0.4 is 5.32 Å². The SMILES string of the molecule is CCCCNc1ccc2c(c1)c1c(n2/C=C(/C)c2ccc(F)cc2)CCN(C)C1. The van der Waals surface area contributed by atoms with Crippen LogP contribution in [0.1, 0.15) is 43.5 Å². The monoisotopic (exact) mass is 391 g/mol. The summed E-state index contributed by atoms with van der Waals surface area (Å²) >= 11 is 0. The maximum absolute atomic E-state index is 13.3. The van der Waals surface area contributed by atoms with E-state index < -0.39 is 0 Å². The van der Waals surface area contributed by atoms with E-state index in [2.05, 4.69) is 60.1 Å². The van der Waals surface area contributed by atoms with Gasteiger partial charge in [0.15, 0.2) is 0 Å². The Labute approximate surface area is 172 Å². The van der Waals surface area contributed by atoms with E-state index in [1.165, 1.54) is 52.8 Å². The average Bonchev–Trinajstić information content (AvgIpc) is 3.01. The molecule has 3 nitrogen and oxygen atoms in total. The molecule has 152 valence electrons. The molecule has 0 spiro atoms. The number of nitrogens with zero attached hydrogens (tertiary/aromatic N) is 2. The van der Waals surface area contributed by atoms with Gasteiger partial charge in [0.1, 0.15) is 5.82 Å². The normalized spacial score (nSPS) is 15.0. The van der Waals surface area contributed by atoms with Gasteiger partial charge in [-0.1, -0.05) is 25.5 Å². The zero-order valence-corrected chi connectivity index (χ0v) is 17.6. The van der Waals surface area contributed by atoms with E-state index in [1.807, 2.05) is 12.1 Å². The third kappa shape index (κ3) is 4.08. The summed E-state index contributed by atoms with van der Waals surface area (Å²) < 4.78 is 15.7. The summed E-state index contributed by atoms with van der Waals surface area (Å²) in [5.74, 6) is -0.198. The number of likely N-dealkylation sites (N-methyl/N-ethyl adjacent to an activating group) is 1. The third-order valence-electron chi connectivity index (χ3n) is 5.86. The van der Waals surface area contributed by atoms with E-state index in [-0.39, 0.29) is 5.82 Å². The number of rotatable bonds is 6. The molecule has 0 radical (unpaired) electrons. The van der Waals surface area contributed by atoms with Gasteiger partial charge in [0.2, 0.25) is 0 Å². The number of allylic oxidation sites excluding steroid dienone is 1. The van der Waals surface area contributed by atoms with E-state index >= 15 is 0 Å². The molecule has 0 saturated carbocycles. The number of hydrogen-bond acceptors (Lipinski definition) is 2.